The lowest BCUT2D eigenvalue weighted by molar-refractivity contribution is 0.831. The number of pyridine rings is 1. The van der Waals surface area contributed by atoms with Crippen LogP contribution in [0.3, 0.4) is 0 Å². The average molecular weight is 348 g/mol. The minimum Gasteiger partial charge on any atom is -0.383 e. The lowest BCUT2D eigenvalue weighted by Crippen LogP contribution is -1.98. The van der Waals surface area contributed by atoms with Crippen molar-refractivity contribution in [3.63, 3.8) is 0 Å². The highest BCUT2D eigenvalue weighted by Crippen LogP contribution is 2.19. The summed E-state index contributed by atoms with van der Waals surface area (Å²) in [5.41, 5.74) is 11.8. The highest BCUT2D eigenvalue weighted by molar-refractivity contribution is 7.14. The van der Waals surface area contributed by atoms with E-state index in [0.717, 1.165) is 12.1 Å². The SMILES string of the molecule is Nc1csc(NN=Cc2ccc3c(ccn3Cc3cccnc3)c2)n1. The number of nitrogens with zero attached hydrogens (tertiary/aromatic N) is 4. The first-order valence-electron chi connectivity index (χ1n) is 7.76. The van der Waals surface area contributed by atoms with E-state index in [2.05, 4.69) is 55.5 Å². The Morgan fingerprint density at radius 1 is 1.28 bits per heavy atom. The Kier molecular flexibility index (Phi) is 4.14. The zero-order chi connectivity index (χ0) is 17.1. The van der Waals surface area contributed by atoms with Gasteiger partial charge in [0.15, 0.2) is 0 Å². The fraction of sp³-hybridized carbons (Fsp3) is 0.0556. The summed E-state index contributed by atoms with van der Waals surface area (Å²) in [4.78, 5) is 8.27. The number of thiazole rings is 1. The van der Waals surface area contributed by atoms with Crippen molar-refractivity contribution in [2.45, 2.75) is 6.54 Å². The number of fused-ring (bicyclic) bond motifs is 1. The van der Waals surface area contributed by atoms with Gasteiger partial charge in [0, 0.05) is 41.4 Å². The molecule has 0 aliphatic carbocycles. The van der Waals surface area contributed by atoms with Gasteiger partial charge in [0.2, 0.25) is 5.13 Å². The summed E-state index contributed by atoms with van der Waals surface area (Å²) in [5, 5.41) is 7.83. The van der Waals surface area contributed by atoms with Crippen LogP contribution in [0.15, 0.2) is 65.5 Å². The molecule has 0 aliphatic heterocycles. The molecule has 4 aromatic rings. The van der Waals surface area contributed by atoms with Gasteiger partial charge in [0.1, 0.15) is 5.82 Å². The van der Waals surface area contributed by atoms with Crippen LogP contribution in [-0.2, 0) is 6.54 Å². The molecule has 1 aromatic carbocycles. The molecule has 0 unspecified atom stereocenters. The van der Waals surface area contributed by atoms with E-state index in [4.69, 9.17) is 5.73 Å². The van der Waals surface area contributed by atoms with Crippen molar-refractivity contribution in [1.29, 1.82) is 0 Å². The Labute approximate surface area is 148 Å². The molecule has 0 fully saturated rings. The number of hydrogen-bond donors (Lipinski definition) is 2. The summed E-state index contributed by atoms with van der Waals surface area (Å²) >= 11 is 1.42. The van der Waals surface area contributed by atoms with E-state index in [-0.39, 0.29) is 0 Å². The Morgan fingerprint density at radius 2 is 2.24 bits per heavy atom. The number of nitrogen functional groups attached to an aromatic ring is 1. The number of nitrogens with two attached hydrogens (primary N) is 1. The highest BCUT2D eigenvalue weighted by Gasteiger charge is 2.03. The summed E-state index contributed by atoms with van der Waals surface area (Å²) in [6.07, 6.45) is 7.55. The summed E-state index contributed by atoms with van der Waals surface area (Å²) in [6, 6.07) is 12.4. The third kappa shape index (κ3) is 3.51. The van der Waals surface area contributed by atoms with Crippen molar-refractivity contribution in [3.8, 4) is 0 Å². The number of hydrogen-bond acceptors (Lipinski definition) is 6. The van der Waals surface area contributed by atoms with Crippen molar-refractivity contribution >= 4 is 39.4 Å². The number of benzene rings is 1. The second kappa shape index (κ2) is 6.74. The molecule has 7 heteroatoms. The molecule has 0 atom stereocenters. The summed E-state index contributed by atoms with van der Waals surface area (Å²) in [7, 11) is 0. The highest BCUT2D eigenvalue weighted by atomic mass is 32.1. The fourth-order valence-electron chi connectivity index (χ4n) is 2.62. The smallest absolute Gasteiger partial charge is 0.205 e. The summed E-state index contributed by atoms with van der Waals surface area (Å²) in [6.45, 7) is 0.803. The molecule has 0 amide bonds. The minimum atomic E-state index is 0.499. The number of rotatable bonds is 5. The Bertz CT molecular complexity index is 1020. The summed E-state index contributed by atoms with van der Waals surface area (Å²) in [5.74, 6) is 0.499. The molecule has 124 valence electrons. The van der Waals surface area contributed by atoms with Crippen molar-refractivity contribution in [3.05, 3.63) is 71.5 Å². The molecule has 0 aliphatic rings. The van der Waals surface area contributed by atoms with Crippen molar-refractivity contribution in [2.24, 2.45) is 5.10 Å². The van der Waals surface area contributed by atoms with Crippen LogP contribution < -0.4 is 11.2 Å². The molecule has 6 nitrogen and oxygen atoms in total. The van der Waals surface area contributed by atoms with Crippen LogP contribution in [0.25, 0.3) is 10.9 Å². The molecule has 0 radical (unpaired) electrons. The number of anilines is 2. The van der Waals surface area contributed by atoms with Gasteiger partial charge in [-0.15, -0.1) is 11.3 Å². The van der Waals surface area contributed by atoms with Gasteiger partial charge in [-0.05, 0) is 35.4 Å². The van der Waals surface area contributed by atoms with Crippen LogP contribution in [0.4, 0.5) is 10.9 Å². The average Bonchev–Trinajstić information content (AvgIpc) is 3.22. The van der Waals surface area contributed by atoms with Crippen molar-refractivity contribution in [2.75, 3.05) is 11.2 Å². The first-order chi connectivity index (χ1) is 12.3. The standard InChI is InChI=1S/C18H16N6S/c19-17-12-25-18(22-17)23-21-10-13-3-4-16-15(8-13)5-7-24(16)11-14-2-1-6-20-9-14/h1-10,12H,11,19H2,(H,22,23). The van der Waals surface area contributed by atoms with Crippen LogP contribution in [0.1, 0.15) is 11.1 Å². The predicted octanol–water partition coefficient (Wildman–Crippen LogP) is 3.57. The molecule has 0 saturated heterocycles. The van der Waals surface area contributed by atoms with Gasteiger partial charge in [-0.3, -0.25) is 10.4 Å². The van der Waals surface area contributed by atoms with Gasteiger partial charge in [-0.1, -0.05) is 12.1 Å². The van der Waals surface area contributed by atoms with E-state index in [1.54, 1.807) is 17.8 Å². The maximum Gasteiger partial charge on any atom is 0.205 e. The third-order valence-corrected chi connectivity index (χ3v) is 4.53. The van der Waals surface area contributed by atoms with Crippen LogP contribution in [0.2, 0.25) is 0 Å². The van der Waals surface area contributed by atoms with Gasteiger partial charge < -0.3 is 10.3 Å². The zero-order valence-corrected chi connectivity index (χ0v) is 14.1. The molecular formula is C18H16N6S. The van der Waals surface area contributed by atoms with E-state index >= 15 is 0 Å². The summed E-state index contributed by atoms with van der Waals surface area (Å²) < 4.78 is 2.21. The monoisotopic (exact) mass is 348 g/mol. The largest absolute Gasteiger partial charge is 0.383 e. The lowest BCUT2D eigenvalue weighted by Gasteiger charge is -2.05. The number of nitrogens with one attached hydrogen (secondary N) is 1. The first kappa shape index (κ1) is 15.3. The van der Waals surface area contributed by atoms with Gasteiger partial charge in [-0.2, -0.15) is 5.10 Å². The maximum absolute atomic E-state index is 5.58. The molecule has 25 heavy (non-hydrogen) atoms. The van der Waals surface area contributed by atoms with Crippen LogP contribution in [0.5, 0.6) is 0 Å². The van der Waals surface area contributed by atoms with E-state index in [1.165, 1.54) is 27.8 Å². The van der Waals surface area contributed by atoms with Gasteiger partial charge in [0.05, 0.1) is 6.21 Å². The number of hydrazone groups is 1. The maximum atomic E-state index is 5.58. The Balaban J connectivity index is 1.51. The molecule has 3 heterocycles. The van der Waals surface area contributed by atoms with E-state index in [1.807, 2.05) is 18.3 Å². The van der Waals surface area contributed by atoms with Gasteiger partial charge in [-0.25, -0.2) is 4.98 Å². The number of aromatic nitrogens is 3. The molecule has 3 N–H and O–H groups in total. The normalized spacial score (nSPS) is 11.4. The first-order valence-corrected chi connectivity index (χ1v) is 8.64. The van der Waals surface area contributed by atoms with E-state index in [9.17, 15) is 0 Å². The van der Waals surface area contributed by atoms with E-state index < -0.39 is 0 Å². The molecule has 0 saturated carbocycles. The topological polar surface area (TPSA) is 81.1 Å². The fourth-order valence-corrected chi connectivity index (χ4v) is 3.17. The second-order valence-corrected chi connectivity index (χ2v) is 6.43. The third-order valence-electron chi connectivity index (χ3n) is 3.77. The van der Waals surface area contributed by atoms with Gasteiger partial charge >= 0.3 is 0 Å². The predicted molar refractivity (Wildman–Crippen MR) is 103 cm³/mol. The quantitative estimate of drug-likeness (QED) is 0.427. The Morgan fingerprint density at radius 3 is 3.04 bits per heavy atom. The van der Waals surface area contributed by atoms with Crippen molar-refractivity contribution < 1.29 is 0 Å². The Hall–Kier alpha value is -3.19. The second-order valence-electron chi connectivity index (χ2n) is 5.57. The van der Waals surface area contributed by atoms with Gasteiger partial charge in [0.25, 0.3) is 0 Å². The zero-order valence-electron chi connectivity index (χ0n) is 13.3. The van der Waals surface area contributed by atoms with Crippen LogP contribution in [-0.4, -0.2) is 20.7 Å². The molecule has 4 rings (SSSR count). The molecule has 3 aromatic heterocycles. The lowest BCUT2D eigenvalue weighted by atomic mass is 10.2. The van der Waals surface area contributed by atoms with Crippen LogP contribution in [0, 0.1) is 0 Å². The van der Waals surface area contributed by atoms with E-state index in [0.29, 0.717) is 10.9 Å². The molecule has 0 spiro atoms. The molecule has 0 bridgehead atoms. The molecular weight excluding hydrogens is 332 g/mol. The van der Waals surface area contributed by atoms with Crippen LogP contribution >= 0.6 is 11.3 Å². The minimum absolute atomic E-state index is 0.499. The van der Waals surface area contributed by atoms with Crippen molar-refractivity contribution in [1.82, 2.24) is 14.5 Å².